The molecule has 7 heteroatoms. The molecule has 0 saturated heterocycles. The molecule has 1 amide bonds. The summed E-state index contributed by atoms with van der Waals surface area (Å²) >= 11 is 3.91. The molecule has 0 aliphatic heterocycles. The first-order chi connectivity index (χ1) is 8.06. The highest BCUT2D eigenvalue weighted by Gasteiger charge is 2.23. The summed E-state index contributed by atoms with van der Waals surface area (Å²) in [5.74, 6) is -2.05. The number of aliphatic hydroxyl groups excluding tert-OH is 1. The molecular formula is C10H20N2O4S. The number of aliphatic hydroxyl groups is 1. The third-order valence-electron chi connectivity index (χ3n) is 2.37. The first-order valence-electron chi connectivity index (χ1n) is 5.51. The molecule has 17 heavy (non-hydrogen) atoms. The second-order valence-corrected chi connectivity index (χ2v) is 4.11. The van der Waals surface area contributed by atoms with Crippen molar-refractivity contribution in [2.45, 2.75) is 25.3 Å². The Bertz CT molecular complexity index is 246. The van der Waals surface area contributed by atoms with Gasteiger partial charge in [0, 0.05) is 5.75 Å². The lowest BCUT2D eigenvalue weighted by atomic mass is 10.1. The molecule has 0 radical (unpaired) electrons. The van der Waals surface area contributed by atoms with Crippen LogP contribution in [0.1, 0.15) is 19.3 Å². The van der Waals surface area contributed by atoms with E-state index in [0.29, 0.717) is 19.4 Å². The van der Waals surface area contributed by atoms with E-state index in [9.17, 15) is 9.59 Å². The molecule has 0 aliphatic rings. The van der Waals surface area contributed by atoms with Gasteiger partial charge in [-0.15, -0.1) is 0 Å². The standard InChI is InChI=1S/C10H20N2O4S/c11-4-2-1-3-8(10(15)16)12-9(14)7(5-13)6-17/h7-8,13,17H,1-6,11H2,(H,12,14)(H,15,16)/t7?,8-/m0/s1. The van der Waals surface area contributed by atoms with E-state index in [2.05, 4.69) is 17.9 Å². The third-order valence-corrected chi connectivity index (χ3v) is 2.81. The predicted molar refractivity (Wildman–Crippen MR) is 66.9 cm³/mol. The zero-order chi connectivity index (χ0) is 13.3. The van der Waals surface area contributed by atoms with E-state index in [4.69, 9.17) is 15.9 Å². The average Bonchev–Trinajstić information content (AvgIpc) is 2.29. The molecule has 6 nitrogen and oxygen atoms in total. The average molecular weight is 264 g/mol. The van der Waals surface area contributed by atoms with Gasteiger partial charge in [0.25, 0.3) is 0 Å². The van der Waals surface area contributed by atoms with E-state index < -0.39 is 23.8 Å². The number of nitrogens with one attached hydrogen (secondary N) is 1. The number of unbranched alkanes of at least 4 members (excludes halogenated alkanes) is 1. The minimum Gasteiger partial charge on any atom is -0.480 e. The molecule has 0 aromatic rings. The number of hydrogen-bond donors (Lipinski definition) is 5. The lowest BCUT2D eigenvalue weighted by Crippen LogP contribution is -2.44. The van der Waals surface area contributed by atoms with Crippen LogP contribution in [-0.2, 0) is 9.59 Å². The third kappa shape index (κ3) is 6.50. The highest BCUT2D eigenvalue weighted by Crippen LogP contribution is 2.04. The van der Waals surface area contributed by atoms with Gasteiger partial charge in [0.1, 0.15) is 6.04 Å². The molecule has 100 valence electrons. The minimum atomic E-state index is -1.08. The topological polar surface area (TPSA) is 113 Å². The number of carbonyl (C=O) groups excluding carboxylic acids is 1. The number of thiol groups is 1. The fourth-order valence-electron chi connectivity index (χ4n) is 1.26. The lowest BCUT2D eigenvalue weighted by Gasteiger charge is -2.17. The molecule has 2 atom stereocenters. The Labute approximate surface area is 106 Å². The van der Waals surface area contributed by atoms with Crippen LogP contribution in [0.25, 0.3) is 0 Å². The maximum atomic E-state index is 11.5. The zero-order valence-electron chi connectivity index (χ0n) is 9.63. The van der Waals surface area contributed by atoms with Gasteiger partial charge in [0.05, 0.1) is 12.5 Å². The summed E-state index contributed by atoms with van der Waals surface area (Å²) in [6.07, 6.45) is 1.69. The van der Waals surface area contributed by atoms with Gasteiger partial charge in [0.2, 0.25) is 5.91 Å². The van der Waals surface area contributed by atoms with Crippen molar-refractivity contribution >= 4 is 24.5 Å². The van der Waals surface area contributed by atoms with E-state index >= 15 is 0 Å². The Morgan fingerprint density at radius 2 is 2.00 bits per heavy atom. The summed E-state index contributed by atoms with van der Waals surface area (Å²) in [6, 6.07) is -0.928. The van der Waals surface area contributed by atoms with Crippen molar-refractivity contribution < 1.29 is 19.8 Å². The van der Waals surface area contributed by atoms with Crippen molar-refractivity contribution in [3.05, 3.63) is 0 Å². The molecule has 0 aromatic carbocycles. The summed E-state index contributed by atoms with van der Waals surface area (Å²) in [4.78, 5) is 22.4. The van der Waals surface area contributed by atoms with Gasteiger partial charge in [0.15, 0.2) is 0 Å². The van der Waals surface area contributed by atoms with Crippen LogP contribution in [0.4, 0.5) is 0 Å². The number of carboxylic acids is 1. The summed E-state index contributed by atoms with van der Waals surface area (Å²) in [5, 5.41) is 20.2. The summed E-state index contributed by atoms with van der Waals surface area (Å²) in [5.41, 5.74) is 5.31. The van der Waals surface area contributed by atoms with E-state index in [1.807, 2.05) is 0 Å². The first kappa shape index (κ1) is 16.2. The fraction of sp³-hybridized carbons (Fsp3) is 0.800. The molecule has 0 bridgehead atoms. The second kappa shape index (κ2) is 9.26. The maximum absolute atomic E-state index is 11.5. The fourth-order valence-corrected chi connectivity index (χ4v) is 1.54. The van der Waals surface area contributed by atoms with Crippen molar-refractivity contribution in [2.24, 2.45) is 11.7 Å². The second-order valence-electron chi connectivity index (χ2n) is 3.75. The van der Waals surface area contributed by atoms with E-state index in [-0.39, 0.29) is 12.4 Å². The van der Waals surface area contributed by atoms with E-state index in [1.54, 1.807) is 0 Å². The molecule has 0 heterocycles. The SMILES string of the molecule is NCCCC[C@H](NC(=O)C(CO)CS)C(=O)O. The van der Waals surface area contributed by atoms with Crippen LogP contribution in [-0.4, -0.2) is 47.0 Å². The minimum absolute atomic E-state index is 0.178. The van der Waals surface area contributed by atoms with Gasteiger partial charge >= 0.3 is 5.97 Å². The van der Waals surface area contributed by atoms with Gasteiger partial charge in [-0.25, -0.2) is 4.79 Å². The Morgan fingerprint density at radius 1 is 1.35 bits per heavy atom. The van der Waals surface area contributed by atoms with Crippen LogP contribution in [0.3, 0.4) is 0 Å². The van der Waals surface area contributed by atoms with Crippen molar-refractivity contribution in [3.63, 3.8) is 0 Å². The van der Waals surface area contributed by atoms with Crippen molar-refractivity contribution in [1.82, 2.24) is 5.32 Å². The van der Waals surface area contributed by atoms with E-state index in [1.165, 1.54) is 0 Å². The molecule has 0 spiro atoms. The largest absolute Gasteiger partial charge is 0.480 e. The van der Waals surface area contributed by atoms with Crippen LogP contribution >= 0.6 is 12.6 Å². The Balaban J connectivity index is 4.23. The highest BCUT2D eigenvalue weighted by atomic mass is 32.1. The Hall–Kier alpha value is -0.790. The molecular weight excluding hydrogens is 244 g/mol. The monoisotopic (exact) mass is 264 g/mol. The van der Waals surface area contributed by atoms with Gasteiger partial charge < -0.3 is 21.3 Å². The lowest BCUT2D eigenvalue weighted by molar-refractivity contribution is -0.142. The molecule has 1 unspecified atom stereocenters. The number of hydrogen-bond acceptors (Lipinski definition) is 5. The highest BCUT2D eigenvalue weighted by molar-refractivity contribution is 7.80. The Kier molecular flexibility index (Phi) is 8.83. The van der Waals surface area contributed by atoms with Crippen molar-refractivity contribution in [3.8, 4) is 0 Å². The normalized spacial score (nSPS) is 14.1. The van der Waals surface area contributed by atoms with Gasteiger partial charge in [-0.05, 0) is 25.8 Å². The number of rotatable bonds is 9. The quantitative estimate of drug-likeness (QED) is 0.277. The molecule has 0 fully saturated rings. The number of aliphatic carboxylic acids is 1. The smallest absolute Gasteiger partial charge is 0.326 e. The van der Waals surface area contributed by atoms with Gasteiger partial charge in [-0.3, -0.25) is 4.79 Å². The molecule has 0 aliphatic carbocycles. The first-order valence-corrected chi connectivity index (χ1v) is 6.15. The van der Waals surface area contributed by atoms with Crippen molar-refractivity contribution in [2.75, 3.05) is 18.9 Å². The predicted octanol–water partition coefficient (Wildman–Crippen LogP) is -0.777. The number of carboxylic acid groups (broad SMARTS) is 1. The maximum Gasteiger partial charge on any atom is 0.326 e. The molecule has 5 N–H and O–H groups in total. The number of carbonyl (C=O) groups is 2. The van der Waals surface area contributed by atoms with Crippen LogP contribution in [0.5, 0.6) is 0 Å². The summed E-state index contributed by atoms with van der Waals surface area (Å²) in [7, 11) is 0. The van der Waals surface area contributed by atoms with Crippen molar-refractivity contribution in [1.29, 1.82) is 0 Å². The molecule has 0 saturated carbocycles. The number of amides is 1. The van der Waals surface area contributed by atoms with Gasteiger partial charge in [-0.2, -0.15) is 12.6 Å². The van der Waals surface area contributed by atoms with Gasteiger partial charge in [-0.1, -0.05) is 0 Å². The van der Waals surface area contributed by atoms with Crippen LogP contribution in [0.2, 0.25) is 0 Å². The molecule has 0 rings (SSSR count). The van der Waals surface area contributed by atoms with Crippen LogP contribution < -0.4 is 11.1 Å². The van der Waals surface area contributed by atoms with Crippen LogP contribution in [0, 0.1) is 5.92 Å². The molecule has 0 aromatic heterocycles. The summed E-state index contributed by atoms with van der Waals surface area (Å²) < 4.78 is 0. The van der Waals surface area contributed by atoms with E-state index in [0.717, 1.165) is 6.42 Å². The van der Waals surface area contributed by atoms with Crippen LogP contribution in [0.15, 0.2) is 0 Å². The number of nitrogens with two attached hydrogens (primary N) is 1. The Morgan fingerprint density at radius 3 is 2.41 bits per heavy atom. The zero-order valence-corrected chi connectivity index (χ0v) is 10.5. The summed E-state index contributed by atoms with van der Waals surface area (Å²) in [6.45, 7) is 0.153.